The molecule has 11 heteroatoms. The van der Waals surface area contributed by atoms with Crippen LogP contribution in [0.15, 0.2) is 66.2 Å². The number of anilines is 1. The van der Waals surface area contributed by atoms with Crippen molar-refractivity contribution >= 4 is 46.3 Å². The second-order valence-corrected chi connectivity index (χ2v) is 8.80. The van der Waals surface area contributed by atoms with E-state index in [0.717, 1.165) is 29.2 Å². The van der Waals surface area contributed by atoms with Crippen molar-refractivity contribution in [2.75, 3.05) is 19.1 Å². The first kappa shape index (κ1) is 26.4. The van der Waals surface area contributed by atoms with Crippen molar-refractivity contribution in [2.24, 2.45) is 0 Å². The van der Waals surface area contributed by atoms with Crippen molar-refractivity contribution in [3.8, 4) is 11.5 Å². The molecular weight excluding hydrogens is 534 g/mol. The van der Waals surface area contributed by atoms with E-state index < -0.39 is 35.2 Å². The number of nitrogens with zero attached hydrogens (tertiary/aromatic N) is 1. The van der Waals surface area contributed by atoms with E-state index in [-0.39, 0.29) is 32.6 Å². The zero-order valence-electron chi connectivity index (χ0n) is 19.3. The van der Waals surface area contributed by atoms with Gasteiger partial charge in [0.2, 0.25) is 0 Å². The van der Waals surface area contributed by atoms with Gasteiger partial charge in [0.25, 0.3) is 11.7 Å². The standard InChI is InChI=1S/C26H18Cl2F3NO5/c1-36-17-5-3-4-13(10-17)21-20(22(33)18-11-15(27)12-19(28)24(18)37-2)23(34)25(35)32(21)16-8-6-14(7-9-16)26(29,30)31/h3-12,21,33H,1-2H3/b22-20+. The predicted octanol–water partition coefficient (Wildman–Crippen LogP) is 6.66. The summed E-state index contributed by atoms with van der Waals surface area (Å²) in [5.74, 6) is -2.35. The largest absolute Gasteiger partial charge is 0.507 e. The summed E-state index contributed by atoms with van der Waals surface area (Å²) in [4.78, 5) is 27.6. The minimum Gasteiger partial charge on any atom is -0.507 e. The fourth-order valence-corrected chi connectivity index (χ4v) is 4.70. The lowest BCUT2D eigenvalue weighted by Crippen LogP contribution is -2.29. The number of aliphatic hydroxyl groups is 1. The molecule has 1 unspecified atom stereocenters. The maximum absolute atomic E-state index is 13.3. The van der Waals surface area contributed by atoms with Gasteiger partial charge in [-0.1, -0.05) is 35.3 Å². The number of methoxy groups -OCH3 is 2. The highest BCUT2D eigenvalue weighted by atomic mass is 35.5. The number of amides is 1. The van der Waals surface area contributed by atoms with Gasteiger partial charge in [-0.2, -0.15) is 13.2 Å². The number of carbonyl (C=O) groups is 2. The molecule has 1 saturated heterocycles. The molecule has 37 heavy (non-hydrogen) atoms. The third-order valence-electron chi connectivity index (χ3n) is 5.79. The highest BCUT2D eigenvalue weighted by Gasteiger charge is 2.47. The number of benzene rings is 3. The lowest BCUT2D eigenvalue weighted by Gasteiger charge is -2.26. The number of alkyl halides is 3. The smallest absolute Gasteiger partial charge is 0.416 e. The zero-order chi connectivity index (χ0) is 27.1. The molecule has 1 N–H and O–H groups in total. The number of ether oxygens (including phenoxy) is 2. The molecule has 1 amide bonds. The van der Waals surface area contributed by atoms with Gasteiger partial charge in [0.05, 0.1) is 42.0 Å². The van der Waals surface area contributed by atoms with Crippen LogP contribution in [-0.4, -0.2) is 31.0 Å². The van der Waals surface area contributed by atoms with Crippen LogP contribution in [0.3, 0.4) is 0 Å². The van der Waals surface area contributed by atoms with Crippen LogP contribution >= 0.6 is 23.2 Å². The molecule has 0 radical (unpaired) electrons. The summed E-state index contributed by atoms with van der Waals surface area (Å²) < 4.78 is 49.9. The van der Waals surface area contributed by atoms with Crippen molar-refractivity contribution in [2.45, 2.75) is 12.2 Å². The van der Waals surface area contributed by atoms with Gasteiger partial charge in [-0.05, 0) is 54.1 Å². The first-order chi connectivity index (χ1) is 17.5. The van der Waals surface area contributed by atoms with E-state index in [2.05, 4.69) is 0 Å². The average molecular weight is 552 g/mol. The Morgan fingerprint density at radius 2 is 1.65 bits per heavy atom. The second-order valence-electron chi connectivity index (χ2n) is 7.96. The SMILES string of the molecule is COc1cccc(C2/C(=C(\O)c3cc(Cl)cc(Cl)c3OC)C(=O)C(=O)N2c2ccc(C(F)(F)F)cc2)c1. The van der Waals surface area contributed by atoms with E-state index in [0.29, 0.717) is 11.3 Å². The fourth-order valence-electron chi connectivity index (χ4n) is 4.13. The number of rotatable bonds is 5. The molecule has 0 aliphatic carbocycles. The molecule has 3 aromatic rings. The van der Waals surface area contributed by atoms with Crippen LogP contribution in [-0.2, 0) is 15.8 Å². The minimum atomic E-state index is -4.60. The average Bonchev–Trinajstić information content (AvgIpc) is 3.13. The number of hydrogen-bond acceptors (Lipinski definition) is 5. The lowest BCUT2D eigenvalue weighted by molar-refractivity contribution is -0.137. The molecule has 1 aliphatic heterocycles. The van der Waals surface area contributed by atoms with E-state index in [4.69, 9.17) is 32.7 Å². The number of ketones is 1. The van der Waals surface area contributed by atoms with Gasteiger partial charge in [0, 0.05) is 10.7 Å². The van der Waals surface area contributed by atoms with Crippen LogP contribution < -0.4 is 14.4 Å². The van der Waals surface area contributed by atoms with Gasteiger partial charge < -0.3 is 14.6 Å². The second kappa shape index (κ2) is 9.99. The van der Waals surface area contributed by atoms with Gasteiger partial charge in [0.1, 0.15) is 17.3 Å². The van der Waals surface area contributed by atoms with Crippen molar-refractivity contribution in [3.63, 3.8) is 0 Å². The molecule has 1 atom stereocenters. The van der Waals surface area contributed by atoms with E-state index >= 15 is 0 Å². The van der Waals surface area contributed by atoms with E-state index in [1.54, 1.807) is 24.3 Å². The van der Waals surface area contributed by atoms with Gasteiger partial charge in [0.15, 0.2) is 0 Å². The molecule has 1 aliphatic rings. The van der Waals surface area contributed by atoms with Crippen molar-refractivity contribution in [1.82, 2.24) is 0 Å². The molecule has 1 fully saturated rings. The normalized spacial score (nSPS) is 17.3. The Kier molecular flexibility index (Phi) is 7.12. The summed E-state index contributed by atoms with van der Waals surface area (Å²) in [6, 6.07) is 11.6. The van der Waals surface area contributed by atoms with Crippen molar-refractivity contribution < 1.29 is 37.3 Å². The Morgan fingerprint density at radius 1 is 0.973 bits per heavy atom. The molecule has 0 spiro atoms. The molecular formula is C26H18Cl2F3NO5. The number of halogens is 5. The number of hydrogen-bond donors (Lipinski definition) is 1. The summed E-state index contributed by atoms with van der Waals surface area (Å²) in [6.07, 6.45) is -4.60. The lowest BCUT2D eigenvalue weighted by atomic mass is 9.94. The summed E-state index contributed by atoms with van der Waals surface area (Å²) in [5.41, 5.74) is -0.942. The molecule has 0 aromatic heterocycles. The summed E-state index contributed by atoms with van der Waals surface area (Å²) in [6.45, 7) is 0. The summed E-state index contributed by atoms with van der Waals surface area (Å²) >= 11 is 12.3. The Labute approximate surface area is 219 Å². The van der Waals surface area contributed by atoms with E-state index in [1.165, 1.54) is 26.4 Å². The van der Waals surface area contributed by atoms with E-state index in [1.807, 2.05) is 0 Å². The van der Waals surface area contributed by atoms with E-state index in [9.17, 15) is 27.9 Å². The van der Waals surface area contributed by atoms with Crippen molar-refractivity contribution in [3.05, 3.63) is 93.0 Å². The Balaban J connectivity index is 1.98. The quantitative estimate of drug-likeness (QED) is 0.218. The summed E-state index contributed by atoms with van der Waals surface area (Å²) in [7, 11) is 2.72. The highest BCUT2D eigenvalue weighted by Crippen LogP contribution is 2.45. The third-order valence-corrected chi connectivity index (χ3v) is 6.29. The van der Waals surface area contributed by atoms with Gasteiger partial charge >= 0.3 is 6.18 Å². The maximum atomic E-state index is 13.3. The number of Topliss-reactive ketones (excluding diaryl/α,β-unsaturated/α-hetero) is 1. The first-order valence-corrected chi connectivity index (χ1v) is 11.4. The first-order valence-electron chi connectivity index (χ1n) is 10.6. The molecule has 192 valence electrons. The predicted molar refractivity (Wildman–Crippen MR) is 132 cm³/mol. The fraction of sp³-hybridized carbons (Fsp3) is 0.154. The van der Waals surface area contributed by atoms with Crippen LogP contribution in [0.25, 0.3) is 5.76 Å². The van der Waals surface area contributed by atoms with Crippen LogP contribution in [0.5, 0.6) is 11.5 Å². The Morgan fingerprint density at radius 3 is 2.24 bits per heavy atom. The zero-order valence-corrected chi connectivity index (χ0v) is 20.8. The van der Waals surface area contributed by atoms with Crippen molar-refractivity contribution in [1.29, 1.82) is 0 Å². The molecule has 0 bridgehead atoms. The minimum absolute atomic E-state index is 0.00804. The molecule has 3 aromatic carbocycles. The Bertz CT molecular complexity index is 1420. The monoisotopic (exact) mass is 551 g/mol. The topological polar surface area (TPSA) is 76.1 Å². The van der Waals surface area contributed by atoms with Gasteiger partial charge in [-0.15, -0.1) is 0 Å². The van der Waals surface area contributed by atoms with Crippen LogP contribution in [0.4, 0.5) is 18.9 Å². The van der Waals surface area contributed by atoms with Gasteiger partial charge in [-0.25, -0.2) is 0 Å². The van der Waals surface area contributed by atoms with Crippen LogP contribution in [0.1, 0.15) is 22.7 Å². The maximum Gasteiger partial charge on any atom is 0.416 e. The van der Waals surface area contributed by atoms with Gasteiger partial charge in [-0.3, -0.25) is 14.5 Å². The highest BCUT2D eigenvalue weighted by molar-refractivity contribution is 6.52. The summed E-state index contributed by atoms with van der Waals surface area (Å²) in [5, 5.41) is 11.5. The number of carbonyl (C=O) groups excluding carboxylic acids is 2. The Hall–Kier alpha value is -3.69. The molecule has 6 nitrogen and oxygen atoms in total. The number of aliphatic hydroxyl groups excluding tert-OH is 1. The third kappa shape index (κ3) is 4.84. The molecule has 4 rings (SSSR count). The van der Waals surface area contributed by atoms with Crippen LogP contribution in [0, 0.1) is 0 Å². The molecule has 0 saturated carbocycles. The van der Waals surface area contributed by atoms with Crippen LogP contribution in [0.2, 0.25) is 10.0 Å². The molecule has 1 heterocycles.